The van der Waals surface area contributed by atoms with Gasteiger partial charge < -0.3 is 25.8 Å². The fourth-order valence-corrected chi connectivity index (χ4v) is 3.37. The third kappa shape index (κ3) is 7.45. The summed E-state index contributed by atoms with van der Waals surface area (Å²) in [5, 5.41) is 18.2. The van der Waals surface area contributed by atoms with Gasteiger partial charge >= 0.3 is 0 Å². The zero-order valence-electron chi connectivity index (χ0n) is 18.9. The number of benzene rings is 2. The molecule has 10 nitrogen and oxygen atoms in total. The molecule has 4 N–H and O–H groups in total. The number of nitrogens with one attached hydrogen (secondary N) is 3. The summed E-state index contributed by atoms with van der Waals surface area (Å²) in [4.78, 5) is 26.7. The van der Waals surface area contributed by atoms with E-state index in [4.69, 9.17) is 4.74 Å². The first-order valence-corrected chi connectivity index (χ1v) is 11.1. The van der Waals surface area contributed by atoms with Crippen LogP contribution < -0.4 is 16.0 Å². The van der Waals surface area contributed by atoms with Crippen molar-refractivity contribution in [3.05, 3.63) is 60.5 Å². The molecule has 0 saturated carbocycles. The molecular formula is C24H26FN7O3. The Kier molecular flexibility index (Phi) is 8.15. The van der Waals surface area contributed by atoms with Crippen LogP contribution in [0.1, 0.15) is 0 Å². The summed E-state index contributed by atoms with van der Waals surface area (Å²) in [6.45, 7) is 4.48. The van der Waals surface area contributed by atoms with E-state index in [9.17, 15) is 14.3 Å². The standard InChI is InChI=1S/C24H26FN7O3/c25-21-15-28-24(31-23(21)29-19-5-2-6-20(33)14-19)30-18-4-1-3-17(13-18)27-16-22(34)26-7-8-32-9-11-35-12-10-32/h1-6,13-16,33H,7-12H2,(H,26,34)(H2,28,29,30,31). The predicted octanol–water partition coefficient (Wildman–Crippen LogP) is 2.96. The Balaban J connectivity index is 1.33. The van der Waals surface area contributed by atoms with Gasteiger partial charge in [-0.15, -0.1) is 0 Å². The van der Waals surface area contributed by atoms with Crippen LogP contribution >= 0.6 is 0 Å². The molecule has 0 bridgehead atoms. The van der Waals surface area contributed by atoms with Crippen molar-refractivity contribution in [2.75, 3.05) is 50.0 Å². The van der Waals surface area contributed by atoms with Crippen LogP contribution in [-0.2, 0) is 9.53 Å². The van der Waals surface area contributed by atoms with Crippen molar-refractivity contribution < 1.29 is 19.0 Å². The van der Waals surface area contributed by atoms with E-state index in [1.807, 2.05) is 0 Å². The van der Waals surface area contributed by atoms with E-state index in [-0.39, 0.29) is 23.4 Å². The summed E-state index contributed by atoms with van der Waals surface area (Å²) in [5.74, 6) is -0.754. The third-order valence-electron chi connectivity index (χ3n) is 5.12. The normalized spacial score (nSPS) is 14.1. The zero-order chi connectivity index (χ0) is 24.5. The molecule has 1 amide bonds. The molecule has 11 heteroatoms. The van der Waals surface area contributed by atoms with Crippen LogP contribution in [0, 0.1) is 5.82 Å². The molecule has 1 aliphatic rings. The lowest BCUT2D eigenvalue weighted by molar-refractivity contribution is -0.114. The molecule has 4 rings (SSSR count). The van der Waals surface area contributed by atoms with Gasteiger partial charge in [0.2, 0.25) is 5.95 Å². The minimum atomic E-state index is -0.642. The summed E-state index contributed by atoms with van der Waals surface area (Å²) >= 11 is 0. The summed E-state index contributed by atoms with van der Waals surface area (Å²) in [7, 11) is 0. The van der Waals surface area contributed by atoms with Gasteiger partial charge in [0.15, 0.2) is 11.6 Å². The first-order valence-electron chi connectivity index (χ1n) is 11.1. The Morgan fingerprint density at radius 3 is 2.71 bits per heavy atom. The Hall–Kier alpha value is -4.09. The molecule has 1 aromatic heterocycles. The Morgan fingerprint density at radius 1 is 1.14 bits per heavy atom. The Labute approximate surface area is 201 Å². The van der Waals surface area contributed by atoms with E-state index >= 15 is 0 Å². The van der Waals surface area contributed by atoms with E-state index in [1.54, 1.807) is 36.4 Å². The second-order valence-corrected chi connectivity index (χ2v) is 7.74. The van der Waals surface area contributed by atoms with Crippen LogP contribution in [-0.4, -0.2) is 71.5 Å². The lowest BCUT2D eigenvalue weighted by Crippen LogP contribution is -2.41. The van der Waals surface area contributed by atoms with Gasteiger partial charge in [0.25, 0.3) is 5.91 Å². The molecule has 2 aromatic carbocycles. The molecule has 0 unspecified atom stereocenters. The number of hydrogen-bond acceptors (Lipinski definition) is 9. The molecule has 35 heavy (non-hydrogen) atoms. The van der Waals surface area contributed by atoms with Crippen molar-refractivity contribution >= 4 is 41.0 Å². The smallest absolute Gasteiger partial charge is 0.262 e. The molecule has 3 aromatic rings. The minimum Gasteiger partial charge on any atom is -0.508 e. The van der Waals surface area contributed by atoms with Crippen molar-refractivity contribution in [1.29, 1.82) is 0 Å². The maximum atomic E-state index is 14.2. The van der Waals surface area contributed by atoms with Crippen LogP contribution in [0.15, 0.2) is 59.7 Å². The number of halogens is 1. The second kappa shape index (κ2) is 11.9. The van der Waals surface area contributed by atoms with Gasteiger partial charge in [0.1, 0.15) is 5.75 Å². The SMILES string of the molecule is O=C(C=Nc1cccc(Nc2ncc(F)c(Nc3cccc(O)c3)n2)c1)NCCN1CCOCC1. The molecular weight excluding hydrogens is 453 g/mol. The van der Waals surface area contributed by atoms with Gasteiger partial charge in [-0.05, 0) is 30.3 Å². The van der Waals surface area contributed by atoms with E-state index in [2.05, 4.69) is 35.8 Å². The fourth-order valence-electron chi connectivity index (χ4n) is 3.37. The first-order chi connectivity index (χ1) is 17.0. The van der Waals surface area contributed by atoms with E-state index in [0.717, 1.165) is 39.0 Å². The zero-order valence-corrected chi connectivity index (χ0v) is 18.9. The van der Waals surface area contributed by atoms with Crippen LogP contribution in [0.4, 0.5) is 33.2 Å². The largest absolute Gasteiger partial charge is 0.508 e. The van der Waals surface area contributed by atoms with Gasteiger partial charge in [-0.2, -0.15) is 4.98 Å². The van der Waals surface area contributed by atoms with Crippen molar-refractivity contribution in [3.8, 4) is 5.75 Å². The number of anilines is 4. The average Bonchev–Trinajstić information content (AvgIpc) is 2.86. The molecule has 1 fully saturated rings. The van der Waals surface area contributed by atoms with Gasteiger partial charge in [-0.1, -0.05) is 12.1 Å². The highest BCUT2D eigenvalue weighted by Gasteiger charge is 2.10. The lowest BCUT2D eigenvalue weighted by Gasteiger charge is -2.26. The summed E-state index contributed by atoms with van der Waals surface area (Å²) in [6.07, 6.45) is 2.29. The van der Waals surface area contributed by atoms with Gasteiger partial charge in [-0.25, -0.2) is 9.37 Å². The third-order valence-corrected chi connectivity index (χ3v) is 5.12. The number of hydrogen-bond donors (Lipinski definition) is 4. The number of phenolic OH excluding ortho intramolecular Hbond substituents is 1. The maximum Gasteiger partial charge on any atom is 0.262 e. The summed E-state index contributed by atoms with van der Waals surface area (Å²) in [5.41, 5.74) is 1.65. The number of nitrogens with zero attached hydrogens (tertiary/aromatic N) is 4. The highest BCUT2D eigenvalue weighted by molar-refractivity contribution is 6.26. The van der Waals surface area contributed by atoms with Crippen LogP contribution in [0.25, 0.3) is 0 Å². The predicted molar refractivity (Wildman–Crippen MR) is 132 cm³/mol. The van der Waals surface area contributed by atoms with Crippen molar-refractivity contribution in [3.63, 3.8) is 0 Å². The van der Waals surface area contributed by atoms with Crippen molar-refractivity contribution in [2.45, 2.75) is 0 Å². The number of morpholine rings is 1. The highest BCUT2D eigenvalue weighted by Crippen LogP contribution is 2.24. The molecule has 0 atom stereocenters. The molecule has 1 aliphatic heterocycles. The minimum absolute atomic E-state index is 0.0453. The molecule has 182 valence electrons. The first kappa shape index (κ1) is 24.0. The molecule has 0 aliphatic carbocycles. The fraction of sp³-hybridized carbons (Fsp3) is 0.250. The molecule has 0 spiro atoms. The average molecular weight is 480 g/mol. The number of ether oxygens (including phenoxy) is 1. The lowest BCUT2D eigenvalue weighted by atomic mass is 10.3. The molecule has 2 heterocycles. The molecule has 0 radical (unpaired) electrons. The van der Waals surface area contributed by atoms with Gasteiger partial charge in [-0.3, -0.25) is 14.7 Å². The Bertz CT molecular complexity index is 1190. The highest BCUT2D eigenvalue weighted by atomic mass is 19.1. The van der Waals surface area contributed by atoms with Gasteiger partial charge in [0, 0.05) is 43.6 Å². The molecule has 1 saturated heterocycles. The number of amides is 1. The number of carbonyl (C=O) groups excluding carboxylic acids is 1. The monoisotopic (exact) mass is 479 g/mol. The van der Waals surface area contributed by atoms with Crippen LogP contribution in [0.2, 0.25) is 0 Å². The number of aromatic hydroxyl groups is 1. The quantitative estimate of drug-likeness (QED) is 0.346. The summed E-state index contributed by atoms with van der Waals surface area (Å²) in [6, 6.07) is 13.3. The van der Waals surface area contributed by atoms with Crippen molar-refractivity contribution in [1.82, 2.24) is 20.2 Å². The number of aromatic nitrogens is 2. The topological polar surface area (TPSA) is 124 Å². The van der Waals surface area contributed by atoms with Crippen molar-refractivity contribution in [2.24, 2.45) is 4.99 Å². The Morgan fingerprint density at radius 2 is 1.91 bits per heavy atom. The number of phenols is 1. The van der Waals surface area contributed by atoms with Crippen LogP contribution in [0.5, 0.6) is 5.75 Å². The second-order valence-electron chi connectivity index (χ2n) is 7.74. The van der Waals surface area contributed by atoms with E-state index < -0.39 is 5.82 Å². The number of aliphatic imine (C=N–C) groups is 1. The maximum absolute atomic E-state index is 14.2. The van der Waals surface area contributed by atoms with Gasteiger partial charge in [0.05, 0.1) is 31.3 Å². The number of carbonyl (C=O) groups is 1. The number of rotatable bonds is 9. The summed E-state index contributed by atoms with van der Waals surface area (Å²) < 4.78 is 19.5. The van der Waals surface area contributed by atoms with E-state index in [1.165, 1.54) is 18.3 Å². The van der Waals surface area contributed by atoms with E-state index in [0.29, 0.717) is 23.6 Å². The van der Waals surface area contributed by atoms with Crippen LogP contribution in [0.3, 0.4) is 0 Å².